The van der Waals surface area contributed by atoms with E-state index in [1.54, 1.807) is 0 Å². The molecule has 0 unspecified atom stereocenters. The Morgan fingerprint density at radius 1 is 1.75 bits per heavy atom. The van der Waals surface area contributed by atoms with E-state index in [1.165, 1.54) is 0 Å². The van der Waals surface area contributed by atoms with Crippen molar-refractivity contribution < 1.29 is 48.0 Å². The summed E-state index contributed by atoms with van der Waals surface area (Å²) < 4.78 is 3.14. The van der Waals surface area contributed by atoms with E-state index in [0.717, 1.165) is 0 Å². The van der Waals surface area contributed by atoms with Crippen LogP contribution in [0.25, 0.3) is 0 Å². The standard InChI is InChI=1S/CHClO3.Al.Ca.Na.6H/c2-5-1(3)4;;;;;;;;;/h(H,3,4);;;;;;;;;/q;;+2;+1;;;;3*-1. The predicted octanol–water partition coefficient (Wildman–Crippen LogP) is -3.39. The van der Waals surface area contributed by atoms with E-state index in [1.807, 2.05) is 0 Å². The van der Waals surface area contributed by atoms with Gasteiger partial charge in [0.25, 0.3) is 0 Å². The number of carbonyl (C=O) groups is 1. The molecular weight excluding hydrogens is 186 g/mol. The zero-order valence-corrected chi connectivity index (χ0v) is 8.81. The van der Waals surface area contributed by atoms with E-state index in [0.29, 0.717) is 0 Å². The average molecular weight is 193 g/mol. The van der Waals surface area contributed by atoms with Crippen molar-refractivity contribution in [1.82, 2.24) is 0 Å². The fraction of sp³-hybridized carbons (Fsp3) is 0. The Kier molecular flexibility index (Phi) is 45.4. The topological polar surface area (TPSA) is 46.5 Å². The molecule has 0 atom stereocenters. The Bertz CT molecular complexity index is 63.8. The summed E-state index contributed by atoms with van der Waals surface area (Å²) >= 11 is 4.24. The monoisotopic (exact) mass is 192 g/mol. The van der Waals surface area contributed by atoms with Crippen LogP contribution in [-0.2, 0) is 4.29 Å². The van der Waals surface area contributed by atoms with E-state index in [4.69, 9.17) is 9.90 Å². The maximum atomic E-state index is 9.01. The number of carboxylic acid groups (broad SMARTS) is 1. The summed E-state index contributed by atoms with van der Waals surface area (Å²) in [7, 11) is 0. The minimum atomic E-state index is -1.48. The number of halogens is 1. The van der Waals surface area contributed by atoms with Gasteiger partial charge in [0, 0.05) is 0 Å². The maximum absolute atomic E-state index is 9.01. The predicted molar refractivity (Wildman–Crippen MR) is 34.0 cm³/mol. The molecule has 42 valence electrons. The fourth-order valence-electron chi connectivity index (χ4n) is 0. The van der Waals surface area contributed by atoms with Crippen LogP contribution in [0.15, 0.2) is 0 Å². The Morgan fingerprint density at radius 2 is 1.88 bits per heavy atom. The molecule has 0 rings (SSSR count). The van der Waals surface area contributed by atoms with Crippen molar-refractivity contribution in [2.24, 2.45) is 0 Å². The first kappa shape index (κ1) is 22.4. The molecule has 0 aliphatic rings. The quantitative estimate of drug-likeness (QED) is 0.408. The third-order valence-electron chi connectivity index (χ3n) is 0.0660. The molecule has 3 nitrogen and oxygen atoms in total. The van der Waals surface area contributed by atoms with Gasteiger partial charge in [-0.2, -0.15) is 0 Å². The van der Waals surface area contributed by atoms with E-state index >= 15 is 0 Å². The molecule has 0 heterocycles. The van der Waals surface area contributed by atoms with E-state index < -0.39 is 6.16 Å². The molecule has 0 aromatic heterocycles. The van der Waals surface area contributed by atoms with Gasteiger partial charge in [0.15, 0.2) is 17.4 Å². The fourth-order valence-corrected chi connectivity index (χ4v) is 0. The Hall–Kier alpha value is 2.35. The zero-order valence-electron chi connectivity index (χ0n) is 6.85. The summed E-state index contributed by atoms with van der Waals surface area (Å²) in [6.45, 7) is 0. The Labute approximate surface area is 119 Å². The summed E-state index contributed by atoms with van der Waals surface area (Å²) in [6.07, 6.45) is -1.48. The van der Waals surface area contributed by atoms with Crippen molar-refractivity contribution in [2.45, 2.75) is 0 Å². The van der Waals surface area contributed by atoms with Gasteiger partial charge >= 0.3 is 73.5 Å². The SMILES string of the molecule is O=C(O)OCl.[AlH3].[Ca+2].[H-].[H-].[H-].[Na+]. The summed E-state index contributed by atoms with van der Waals surface area (Å²) in [5.41, 5.74) is 0. The molecule has 7 heteroatoms. The molecule has 0 saturated carbocycles. The van der Waals surface area contributed by atoms with Gasteiger partial charge < -0.3 is 13.7 Å². The Balaban J connectivity index is -0.00000000533. The van der Waals surface area contributed by atoms with Crippen molar-refractivity contribution in [1.29, 1.82) is 0 Å². The van der Waals surface area contributed by atoms with Crippen LogP contribution in [0.1, 0.15) is 4.28 Å². The summed E-state index contributed by atoms with van der Waals surface area (Å²) in [4.78, 5) is 9.01. The van der Waals surface area contributed by atoms with Crippen LogP contribution in [-0.4, -0.2) is 66.4 Å². The number of rotatable bonds is 0. The van der Waals surface area contributed by atoms with Crippen molar-refractivity contribution in [3.8, 4) is 0 Å². The summed E-state index contributed by atoms with van der Waals surface area (Å²) in [5.74, 6) is 0. The molecule has 0 fully saturated rings. The zero-order chi connectivity index (χ0) is 4.28. The van der Waals surface area contributed by atoms with Crippen LogP contribution in [0.2, 0.25) is 0 Å². The first-order chi connectivity index (χ1) is 2.27. The first-order valence-electron chi connectivity index (χ1n) is 0.786. The summed E-state index contributed by atoms with van der Waals surface area (Å²) in [5, 5.41) is 7.37. The second-order valence-electron chi connectivity index (χ2n) is 0.343. The van der Waals surface area contributed by atoms with Crippen LogP contribution >= 0.6 is 11.9 Å². The second-order valence-corrected chi connectivity index (χ2v) is 0.497. The number of hydrogen-bond donors (Lipinski definition) is 1. The van der Waals surface area contributed by atoms with Crippen molar-refractivity contribution in [3.05, 3.63) is 0 Å². The molecule has 0 bridgehead atoms. The van der Waals surface area contributed by atoms with Gasteiger partial charge in [-0.15, -0.1) is 0 Å². The third-order valence-corrected chi connectivity index (χ3v) is 0.198. The minimum Gasteiger partial charge on any atom is -1.00 e. The van der Waals surface area contributed by atoms with Crippen LogP contribution < -0.4 is 29.6 Å². The van der Waals surface area contributed by atoms with Gasteiger partial charge in [0.2, 0.25) is 0 Å². The molecule has 0 aromatic rings. The molecule has 0 amide bonds. The van der Waals surface area contributed by atoms with Crippen LogP contribution in [0.5, 0.6) is 0 Å². The summed E-state index contributed by atoms with van der Waals surface area (Å²) in [6, 6.07) is 0. The van der Waals surface area contributed by atoms with Gasteiger partial charge in [-0.3, -0.25) is 0 Å². The van der Waals surface area contributed by atoms with Crippen molar-refractivity contribution in [2.75, 3.05) is 0 Å². The van der Waals surface area contributed by atoms with Gasteiger partial charge in [-0.1, -0.05) is 0 Å². The molecule has 0 radical (unpaired) electrons. The molecule has 0 aliphatic heterocycles. The molecular formula is CH7AlCaClNaO3. The maximum Gasteiger partial charge on any atom is 2.00 e. The molecule has 0 saturated heterocycles. The van der Waals surface area contributed by atoms with Crippen LogP contribution in [0.3, 0.4) is 0 Å². The number of hydrogen-bond acceptors (Lipinski definition) is 2. The average Bonchev–Trinajstić information content (AvgIpc) is 1.38. The van der Waals surface area contributed by atoms with Gasteiger partial charge in [-0.05, 0) is 0 Å². The third kappa shape index (κ3) is 23.8. The van der Waals surface area contributed by atoms with Gasteiger partial charge in [-0.25, -0.2) is 4.79 Å². The van der Waals surface area contributed by atoms with Crippen molar-refractivity contribution in [3.63, 3.8) is 0 Å². The van der Waals surface area contributed by atoms with E-state index in [9.17, 15) is 0 Å². The van der Waals surface area contributed by atoms with Gasteiger partial charge in [0.05, 0.1) is 0 Å². The molecule has 0 spiro atoms. The first-order valence-corrected chi connectivity index (χ1v) is 1.09. The Morgan fingerprint density at radius 3 is 1.88 bits per heavy atom. The largest absolute Gasteiger partial charge is 2.00 e. The minimum absolute atomic E-state index is 0. The van der Waals surface area contributed by atoms with E-state index in [2.05, 4.69) is 16.2 Å². The van der Waals surface area contributed by atoms with E-state index in [-0.39, 0.29) is 88.9 Å². The van der Waals surface area contributed by atoms with Crippen LogP contribution in [0, 0.1) is 0 Å². The molecule has 0 aliphatic carbocycles. The smallest absolute Gasteiger partial charge is 1.00 e. The molecule has 8 heavy (non-hydrogen) atoms. The van der Waals surface area contributed by atoms with Crippen molar-refractivity contribution >= 4 is 73.1 Å². The molecule has 0 aromatic carbocycles. The molecule has 1 N–H and O–H groups in total. The second kappa shape index (κ2) is 16.2. The van der Waals surface area contributed by atoms with Crippen LogP contribution in [0.4, 0.5) is 4.79 Å². The van der Waals surface area contributed by atoms with Gasteiger partial charge in [0.1, 0.15) is 11.9 Å². The normalized spacial score (nSPS) is 4.12.